The largest absolute Gasteiger partial charge is 0.394 e. The van der Waals surface area contributed by atoms with Crippen molar-refractivity contribution < 1.29 is 8.85 Å². The van der Waals surface area contributed by atoms with Gasteiger partial charge in [-0.3, -0.25) is 0 Å². The van der Waals surface area contributed by atoms with Crippen molar-refractivity contribution in [2.45, 2.75) is 58.8 Å². The first kappa shape index (κ1) is 15.4. The minimum atomic E-state index is -1.69. The second kappa shape index (κ2) is 7.72. The van der Waals surface area contributed by atoms with Crippen molar-refractivity contribution in [3.8, 4) is 0 Å². The average Bonchev–Trinajstić information content (AvgIpc) is 2.29. The van der Waals surface area contributed by atoms with Crippen molar-refractivity contribution in [2.24, 2.45) is 0 Å². The highest BCUT2D eigenvalue weighted by molar-refractivity contribution is 6.46. The first-order valence-electron chi connectivity index (χ1n) is 6.90. The van der Waals surface area contributed by atoms with Gasteiger partial charge in [0, 0.05) is 17.7 Å². The highest BCUT2D eigenvalue weighted by atomic mass is 28.3. The minimum absolute atomic E-state index is 0.234. The SMILES string of the molecule is CCC(c1ccccc1)[SiH](OC(C)C)OC(C)C. The molecule has 0 aliphatic heterocycles. The Morgan fingerprint density at radius 3 is 1.83 bits per heavy atom. The molecule has 0 aromatic heterocycles. The summed E-state index contributed by atoms with van der Waals surface area (Å²) in [5.41, 5.74) is 1.77. The van der Waals surface area contributed by atoms with E-state index in [9.17, 15) is 0 Å². The van der Waals surface area contributed by atoms with Crippen LogP contribution in [0.3, 0.4) is 0 Å². The van der Waals surface area contributed by atoms with Crippen LogP contribution in [0.15, 0.2) is 30.3 Å². The summed E-state index contributed by atoms with van der Waals surface area (Å²) in [6.45, 7) is 10.6. The van der Waals surface area contributed by atoms with E-state index in [2.05, 4.69) is 65.0 Å². The van der Waals surface area contributed by atoms with Crippen LogP contribution in [-0.2, 0) is 8.85 Å². The Kier molecular flexibility index (Phi) is 6.61. The molecule has 0 saturated carbocycles. The Bertz CT molecular complexity index is 315. The molecule has 102 valence electrons. The minimum Gasteiger partial charge on any atom is -0.394 e. The lowest BCUT2D eigenvalue weighted by Gasteiger charge is -2.28. The van der Waals surface area contributed by atoms with E-state index in [1.54, 1.807) is 0 Å². The molecule has 2 nitrogen and oxygen atoms in total. The van der Waals surface area contributed by atoms with Gasteiger partial charge in [-0.15, -0.1) is 0 Å². The molecule has 3 heteroatoms. The van der Waals surface area contributed by atoms with Crippen LogP contribution in [0, 0.1) is 0 Å². The summed E-state index contributed by atoms with van der Waals surface area (Å²) in [6, 6.07) is 10.6. The number of benzene rings is 1. The van der Waals surface area contributed by atoms with Crippen LogP contribution in [0.5, 0.6) is 0 Å². The lowest BCUT2D eigenvalue weighted by atomic mass is 10.1. The molecule has 0 spiro atoms. The second-order valence-corrected chi connectivity index (χ2v) is 7.25. The fourth-order valence-corrected chi connectivity index (χ4v) is 4.48. The molecule has 18 heavy (non-hydrogen) atoms. The highest BCUT2D eigenvalue weighted by Gasteiger charge is 2.28. The monoisotopic (exact) mass is 266 g/mol. The molecule has 0 saturated heterocycles. The third-order valence-corrected chi connectivity index (χ3v) is 5.95. The van der Waals surface area contributed by atoms with E-state index in [1.807, 2.05) is 0 Å². The molecule has 1 aromatic rings. The Balaban J connectivity index is 2.86. The molecule has 0 radical (unpaired) electrons. The lowest BCUT2D eigenvalue weighted by Crippen LogP contribution is -2.35. The quantitative estimate of drug-likeness (QED) is 0.699. The average molecular weight is 266 g/mol. The highest BCUT2D eigenvalue weighted by Crippen LogP contribution is 2.25. The second-order valence-electron chi connectivity index (χ2n) is 5.16. The Hall–Kier alpha value is -0.643. The summed E-state index contributed by atoms with van der Waals surface area (Å²) in [4.78, 5) is 0. The van der Waals surface area contributed by atoms with Gasteiger partial charge in [-0.2, -0.15) is 0 Å². The van der Waals surface area contributed by atoms with E-state index in [1.165, 1.54) is 5.56 Å². The maximum absolute atomic E-state index is 6.09. The van der Waals surface area contributed by atoms with Crippen molar-refractivity contribution in [1.29, 1.82) is 0 Å². The molecule has 0 N–H and O–H groups in total. The molecular formula is C15H26O2Si. The third kappa shape index (κ3) is 4.92. The Labute approximate surface area is 113 Å². The maximum atomic E-state index is 6.09. The van der Waals surface area contributed by atoms with Gasteiger partial charge in [0.05, 0.1) is 0 Å². The smallest absolute Gasteiger partial charge is 0.329 e. The zero-order chi connectivity index (χ0) is 13.5. The fraction of sp³-hybridized carbons (Fsp3) is 0.600. The lowest BCUT2D eigenvalue weighted by molar-refractivity contribution is 0.123. The number of hydrogen-bond donors (Lipinski definition) is 0. The molecule has 0 bridgehead atoms. The number of rotatable bonds is 7. The molecule has 0 heterocycles. The first-order chi connectivity index (χ1) is 8.54. The van der Waals surface area contributed by atoms with Crippen LogP contribution in [0.1, 0.15) is 52.1 Å². The van der Waals surface area contributed by atoms with Gasteiger partial charge in [0.1, 0.15) is 0 Å². The van der Waals surface area contributed by atoms with Crippen molar-refractivity contribution in [1.82, 2.24) is 0 Å². The van der Waals surface area contributed by atoms with Crippen LogP contribution >= 0.6 is 0 Å². The summed E-state index contributed by atoms with van der Waals surface area (Å²) in [6.07, 6.45) is 1.54. The van der Waals surface area contributed by atoms with Gasteiger partial charge < -0.3 is 8.85 Å². The standard InChI is InChI=1S/C15H26O2Si/c1-6-15(14-10-8-7-9-11-14)18(16-12(2)3)17-13(4)5/h7-13,15,18H,6H2,1-5H3. The van der Waals surface area contributed by atoms with Crippen molar-refractivity contribution in [3.63, 3.8) is 0 Å². The van der Waals surface area contributed by atoms with Gasteiger partial charge in [0.25, 0.3) is 0 Å². The van der Waals surface area contributed by atoms with Crippen molar-refractivity contribution >= 4 is 9.28 Å². The van der Waals surface area contributed by atoms with Crippen LogP contribution in [-0.4, -0.2) is 21.5 Å². The van der Waals surface area contributed by atoms with E-state index in [4.69, 9.17) is 8.85 Å². The summed E-state index contributed by atoms with van der Waals surface area (Å²) in [7, 11) is -1.69. The van der Waals surface area contributed by atoms with Gasteiger partial charge in [-0.05, 0) is 39.7 Å². The topological polar surface area (TPSA) is 18.5 Å². The molecule has 0 fully saturated rings. The molecule has 1 aromatic carbocycles. The molecule has 1 rings (SSSR count). The zero-order valence-electron chi connectivity index (χ0n) is 12.2. The predicted octanol–water partition coefficient (Wildman–Crippen LogP) is 3.79. The summed E-state index contributed by atoms with van der Waals surface area (Å²) in [5, 5.41) is 0. The predicted molar refractivity (Wildman–Crippen MR) is 79.1 cm³/mol. The van der Waals surface area contributed by atoms with E-state index in [-0.39, 0.29) is 12.2 Å². The van der Waals surface area contributed by atoms with Crippen LogP contribution in [0.25, 0.3) is 0 Å². The molecule has 1 unspecified atom stereocenters. The zero-order valence-corrected chi connectivity index (χ0v) is 13.4. The van der Waals surface area contributed by atoms with Crippen LogP contribution < -0.4 is 0 Å². The maximum Gasteiger partial charge on any atom is 0.329 e. The summed E-state index contributed by atoms with van der Waals surface area (Å²) < 4.78 is 12.2. The van der Waals surface area contributed by atoms with Crippen LogP contribution in [0.4, 0.5) is 0 Å². The molecule has 0 aliphatic rings. The molecule has 1 atom stereocenters. The van der Waals surface area contributed by atoms with Gasteiger partial charge >= 0.3 is 9.28 Å². The van der Waals surface area contributed by atoms with Crippen molar-refractivity contribution in [2.75, 3.05) is 0 Å². The van der Waals surface area contributed by atoms with E-state index >= 15 is 0 Å². The fourth-order valence-electron chi connectivity index (χ4n) is 2.04. The molecular weight excluding hydrogens is 240 g/mol. The Morgan fingerprint density at radius 2 is 1.44 bits per heavy atom. The van der Waals surface area contributed by atoms with Gasteiger partial charge in [0.15, 0.2) is 0 Å². The van der Waals surface area contributed by atoms with E-state index < -0.39 is 9.28 Å². The molecule has 0 aliphatic carbocycles. The normalized spacial score (nSPS) is 13.6. The molecule has 0 amide bonds. The van der Waals surface area contributed by atoms with E-state index in [0.29, 0.717) is 5.54 Å². The van der Waals surface area contributed by atoms with Gasteiger partial charge in [-0.25, -0.2) is 0 Å². The summed E-state index contributed by atoms with van der Waals surface area (Å²) >= 11 is 0. The third-order valence-electron chi connectivity index (χ3n) is 2.81. The summed E-state index contributed by atoms with van der Waals surface area (Å²) in [5.74, 6) is 0. The van der Waals surface area contributed by atoms with Crippen molar-refractivity contribution in [3.05, 3.63) is 35.9 Å². The van der Waals surface area contributed by atoms with Gasteiger partial charge in [-0.1, -0.05) is 37.3 Å². The first-order valence-corrected chi connectivity index (χ1v) is 8.51. The number of hydrogen-bond acceptors (Lipinski definition) is 2. The van der Waals surface area contributed by atoms with Crippen LogP contribution in [0.2, 0.25) is 0 Å². The van der Waals surface area contributed by atoms with Gasteiger partial charge in [0.2, 0.25) is 0 Å². The van der Waals surface area contributed by atoms with E-state index in [0.717, 1.165) is 6.42 Å². The Morgan fingerprint density at radius 1 is 0.944 bits per heavy atom.